The number of aliphatic hydroxyl groups is 1. The quantitative estimate of drug-likeness (QED) is 0.921. The maximum atomic E-state index is 9.96. The van der Waals surface area contributed by atoms with Crippen molar-refractivity contribution in [1.82, 2.24) is 4.90 Å². The predicted octanol–water partition coefficient (Wildman–Crippen LogP) is 3.03. The van der Waals surface area contributed by atoms with Crippen LogP contribution in [0.3, 0.4) is 0 Å². The third-order valence-corrected chi connectivity index (χ3v) is 4.56. The number of thiophene rings is 1. The highest BCUT2D eigenvalue weighted by atomic mass is 79.9. The van der Waals surface area contributed by atoms with Crippen molar-refractivity contribution in [2.45, 2.75) is 25.4 Å². The molecule has 84 valence electrons. The Kier molecular flexibility index (Phi) is 4.20. The van der Waals surface area contributed by atoms with Crippen LogP contribution in [0.25, 0.3) is 0 Å². The molecule has 0 bridgehead atoms. The Balaban J connectivity index is 1.79. The first-order chi connectivity index (χ1) is 7.25. The van der Waals surface area contributed by atoms with E-state index >= 15 is 0 Å². The average molecular weight is 290 g/mol. The standard InChI is InChI=1S/C11H16BrNOS/c12-11-4-3-10(15-11)9(14)5-8-13-6-1-2-7-13/h3-4,9,14H,1-2,5-8H2. The first-order valence-corrected chi connectivity index (χ1v) is 7.02. The third kappa shape index (κ3) is 3.28. The van der Waals surface area contributed by atoms with Crippen LogP contribution in [0, 0.1) is 0 Å². The molecular weight excluding hydrogens is 274 g/mol. The molecule has 4 heteroatoms. The van der Waals surface area contributed by atoms with E-state index in [1.807, 2.05) is 12.1 Å². The second-order valence-corrected chi connectivity index (χ2v) is 6.49. The van der Waals surface area contributed by atoms with Crippen LogP contribution < -0.4 is 0 Å². The lowest BCUT2D eigenvalue weighted by molar-refractivity contribution is 0.152. The van der Waals surface area contributed by atoms with Crippen LogP contribution in [0.4, 0.5) is 0 Å². The topological polar surface area (TPSA) is 23.5 Å². The first-order valence-electron chi connectivity index (χ1n) is 5.41. The molecule has 1 aromatic heterocycles. The molecule has 1 N–H and O–H groups in total. The van der Waals surface area contributed by atoms with Gasteiger partial charge in [-0.2, -0.15) is 0 Å². The van der Waals surface area contributed by atoms with Crippen LogP contribution >= 0.6 is 27.3 Å². The number of hydrogen-bond acceptors (Lipinski definition) is 3. The molecule has 1 saturated heterocycles. The molecule has 1 aromatic rings. The molecule has 15 heavy (non-hydrogen) atoms. The molecule has 0 aliphatic carbocycles. The second kappa shape index (κ2) is 5.43. The van der Waals surface area contributed by atoms with Crippen molar-refractivity contribution in [2.75, 3.05) is 19.6 Å². The van der Waals surface area contributed by atoms with Gasteiger partial charge in [-0.25, -0.2) is 0 Å². The van der Waals surface area contributed by atoms with Crippen LogP contribution in [0.5, 0.6) is 0 Å². The Morgan fingerprint density at radius 3 is 2.73 bits per heavy atom. The molecule has 0 amide bonds. The largest absolute Gasteiger partial charge is 0.388 e. The minimum atomic E-state index is -0.290. The van der Waals surface area contributed by atoms with E-state index in [4.69, 9.17) is 0 Å². The number of hydrogen-bond donors (Lipinski definition) is 1. The van der Waals surface area contributed by atoms with E-state index in [0.29, 0.717) is 0 Å². The van der Waals surface area contributed by atoms with Crippen molar-refractivity contribution < 1.29 is 5.11 Å². The lowest BCUT2D eigenvalue weighted by atomic mass is 10.2. The number of aliphatic hydroxyl groups excluding tert-OH is 1. The van der Waals surface area contributed by atoms with Crippen LogP contribution in [-0.4, -0.2) is 29.6 Å². The average Bonchev–Trinajstić information content (AvgIpc) is 2.84. The number of halogens is 1. The molecule has 1 atom stereocenters. The highest BCUT2D eigenvalue weighted by molar-refractivity contribution is 9.11. The van der Waals surface area contributed by atoms with Gasteiger partial charge in [0.2, 0.25) is 0 Å². The summed E-state index contributed by atoms with van der Waals surface area (Å²) in [5.74, 6) is 0. The smallest absolute Gasteiger partial charge is 0.0894 e. The van der Waals surface area contributed by atoms with Crippen molar-refractivity contribution in [3.05, 3.63) is 20.8 Å². The number of likely N-dealkylation sites (tertiary alicyclic amines) is 1. The van der Waals surface area contributed by atoms with E-state index < -0.39 is 0 Å². The van der Waals surface area contributed by atoms with E-state index in [9.17, 15) is 5.11 Å². The van der Waals surface area contributed by atoms with Gasteiger partial charge in [-0.1, -0.05) is 0 Å². The van der Waals surface area contributed by atoms with Crippen LogP contribution in [0.2, 0.25) is 0 Å². The third-order valence-electron chi connectivity index (χ3n) is 2.84. The fourth-order valence-electron chi connectivity index (χ4n) is 1.96. The van der Waals surface area contributed by atoms with Gasteiger partial charge in [-0.3, -0.25) is 0 Å². The summed E-state index contributed by atoms with van der Waals surface area (Å²) in [6.07, 6.45) is 3.20. The lowest BCUT2D eigenvalue weighted by Gasteiger charge is -2.16. The SMILES string of the molecule is OC(CCN1CCCC1)c1ccc(Br)s1. The lowest BCUT2D eigenvalue weighted by Crippen LogP contribution is -2.21. The highest BCUT2D eigenvalue weighted by Crippen LogP contribution is 2.29. The zero-order chi connectivity index (χ0) is 10.7. The van der Waals surface area contributed by atoms with E-state index in [-0.39, 0.29) is 6.10 Å². The predicted molar refractivity (Wildman–Crippen MR) is 67.3 cm³/mol. The minimum absolute atomic E-state index is 0.290. The summed E-state index contributed by atoms with van der Waals surface area (Å²) in [7, 11) is 0. The Morgan fingerprint density at radius 2 is 2.13 bits per heavy atom. The second-order valence-electron chi connectivity index (χ2n) is 4.00. The summed E-state index contributed by atoms with van der Waals surface area (Å²) in [5.41, 5.74) is 0. The summed E-state index contributed by atoms with van der Waals surface area (Å²) < 4.78 is 1.10. The molecule has 1 unspecified atom stereocenters. The molecule has 0 spiro atoms. The Labute approximate surface area is 103 Å². The molecule has 1 aliphatic heterocycles. The molecule has 0 radical (unpaired) electrons. The molecule has 0 aromatic carbocycles. The fraction of sp³-hybridized carbons (Fsp3) is 0.636. The number of nitrogens with zero attached hydrogens (tertiary/aromatic N) is 1. The van der Waals surface area contributed by atoms with Gasteiger partial charge < -0.3 is 10.0 Å². The van der Waals surface area contributed by atoms with Gasteiger partial charge in [-0.15, -0.1) is 11.3 Å². The molecule has 0 saturated carbocycles. The van der Waals surface area contributed by atoms with Gasteiger partial charge in [0.25, 0.3) is 0 Å². The Hall–Kier alpha value is 0.1000. The zero-order valence-corrected chi connectivity index (χ0v) is 11.1. The van der Waals surface area contributed by atoms with Crippen LogP contribution in [0.15, 0.2) is 15.9 Å². The zero-order valence-electron chi connectivity index (χ0n) is 8.66. The van der Waals surface area contributed by atoms with Crippen molar-refractivity contribution >= 4 is 27.3 Å². The van der Waals surface area contributed by atoms with Gasteiger partial charge in [0.1, 0.15) is 0 Å². The van der Waals surface area contributed by atoms with Gasteiger partial charge in [0.15, 0.2) is 0 Å². The summed E-state index contributed by atoms with van der Waals surface area (Å²) in [6, 6.07) is 4.00. The fourth-order valence-corrected chi connectivity index (χ4v) is 3.40. The van der Waals surface area contributed by atoms with E-state index in [1.165, 1.54) is 25.9 Å². The maximum absolute atomic E-state index is 9.96. The van der Waals surface area contributed by atoms with E-state index in [1.54, 1.807) is 11.3 Å². The van der Waals surface area contributed by atoms with Gasteiger partial charge >= 0.3 is 0 Å². The molecule has 2 rings (SSSR count). The number of rotatable bonds is 4. The summed E-state index contributed by atoms with van der Waals surface area (Å²) >= 11 is 5.04. The first kappa shape index (κ1) is 11.6. The van der Waals surface area contributed by atoms with Crippen molar-refractivity contribution in [3.63, 3.8) is 0 Å². The molecule has 1 aliphatic rings. The maximum Gasteiger partial charge on any atom is 0.0894 e. The van der Waals surface area contributed by atoms with Crippen LogP contribution in [-0.2, 0) is 0 Å². The monoisotopic (exact) mass is 289 g/mol. The highest BCUT2D eigenvalue weighted by Gasteiger charge is 2.15. The van der Waals surface area contributed by atoms with Crippen molar-refractivity contribution in [1.29, 1.82) is 0 Å². The minimum Gasteiger partial charge on any atom is -0.388 e. The van der Waals surface area contributed by atoms with Crippen molar-refractivity contribution in [2.24, 2.45) is 0 Å². The van der Waals surface area contributed by atoms with E-state index in [0.717, 1.165) is 21.6 Å². The van der Waals surface area contributed by atoms with Gasteiger partial charge in [-0.05, 0) is 60.4 Å². The molecule has 2 nitrogen and oxygen atoms in total. The van der Waals surface area contributed by atoms with Crippen LogP contribution in [0.1, 0.15) is 30.2 Å². The van der Waals surface area contributed by atoms with Gasteiger partial charge in [0, 0.05) is 11.4 Å². The molecular formula is C11H16BrNOS. The van der Waals surface area contributed by atoms with Gasteiger partial charge in [0.05, 0.1) is 9.89 Å². The Bertz CT molecular complexity index is 309. The van der Waals surface area contributed by atoms with Crippen molar-refractivity contribution in [3.8, 4) is 0 Å². The van der Waals surface area contributed by atoms with E-state index in [2.05, 4.69) is 20.8 Å². The molecule has 2 heterocycles. The normalized spacial score (nSPS) is 19.6. The molecule has 1 fully saturated rings. The summed E-state index contributed by atoms with van der Waals surface area (Å²) in [4.78, 5) is 3.51. The Morgan fingerprint density at radius 1 is 1.40 bits per heavy atom. The summed E-state index contributed by atoms with van der Waals surface area (Å²) in [6.45, 7) is 3.44. The summed E-state index contributed by atoms with van der Waals surface area (Å²) in [5, 5.41) is 9.96.